The molecule has 0 saturated heterocycles. The van der Waals surface area contributed by atoms with Gasteiger partial charge in [-0.3, -0.25) is 0 Å². The summed E-state index contributed by atoms with van der Waals surface area (Å²) in [5.74, 6) is 0.533. The molecule has 1 aliphatic rings. The summed E-state index contributed by atoms with van der Waals surface area (Å²) in [4.78, 5) is 0.324. The van der Waals surface area contributed by atoms with Crippen molar-refractivity contribution < 1.29 is 17.9 Å². The van der Waals surface area contributed by atoms with Gasteiger partial charge in [-0.25, -0.2) is 8.42 Å². The third-order valence-corrected chi connectivity index (χ3v) is 7.39. The lowest BCUT2D eigenvalue weighted by molar-refractivity contribution is 0.142. The minimum absolute atomic E-state index is 0.200. The number of ether oxygens (including phenoxy) is 2. The van der Waals surface area contributed by atoms with Crippen LogP contribution in [0.2, 0.25) is 0 Å². The molecule has 5 nitrogen and oxygen atoms in total. The minimum atomic E-state index is -3.51. The number of hydrogen-bond acceptors (Lipinski definition) is 5. The van der Waals surface area contributed by atoms with Crippen LogP contribution in [0.3, 0.4) is 0 Å². The van der Waals surface area contributed by atoms with Gasteiger partial charge in [0.1, 0.15) is 5.75 Å². The van der Waals surface area contributed by atoms with Gasteiger partial charge in [-0.15, -0.1) is 0 Å². The van der Waals surface area contributed by atoms with Crippen LogP contribution in [0.5, 0.6) is 5.75 Å². The van der Waals surface area contributed by atoms with Crippen molar-refractivity contribution in [2.75, 3.05) is 27.4 Å². The third-order valence-electron chi connectivity index (χ3n) is 5.05. The predicted octanol–water partition coefficient (Wildman–Crippen LogP) is 2.23. The number of methoxy groups -OCH3 is 2. The van der Waals surface area contributed by atoms with E-state index in [0.717, 1.165) is 11.3 Å². The summed E-state index contributed by atoms with van der Waals surface area (Å²) in [6.07, 6.45) is 0. The molecule has 2 aromatic carbocycles. The van der Waals surface area contributed by atoms with E-state index in [4.69, 9.17) is 15.2 Å². The molecule has 0 unspecified atom stereocenters. The Morgan fingerprint density at radius 2 is 1.68 bits per heavy atom. The fourth-order valence-corrected chi connectivity index (χ4v) is 6.23. The number of rotatable bonds is 7. The molecule has 0 aliphatic heterocycles. The second kappa shape index (κ2) is 6.78. The first kappa shape index (κ1) is 17.9. The van der Waals surface area contributed by atoms with Gasteiger partial charge in [-0.1, -0.05) is 30.3 Å². The quantitative estimate of drug-likeness (QED) is 0.818. The summed E-state index contributed by atoms with van der Waals surface area (Å²) in [5, 5.41) is -0.597. The molecule has 1 aliphatic carbocycles. The van der Waals surface area contributed by atoms with E-state index in [2.05, 4.69) is 0 Å². The molecule has 0 radical (unpaired) electrons. The molecule has 1 fully saturated rings. The Morgan fingerprint density at radius 3 is 2.20 bits per heavy atom. The van der Waals surface area contributed by atoms with Crippen LogP contribution in [-0.2, 0) is 14.6 Å². The molecule has 6 heteroatoms. The van der Waals surface area contributed by atoms with E-state index in [1.807, 2.05) is 24.3 Å². The van der Waals surface area contributed by atoms with Crippen LogP contribution in [0.1, 0.15) is 11.5 Å². The maximum Gasteiger partial charge on any atom is 0.182 e. The predicted molar refractivity (Wildman–Crippen MR) is 96.5 cm³/mol. The largest absolute Gasteiger partial charge is 0.497 e. The minimum Gasteiger partial charge on any atom is -0.497 e. The first-order chi connectivity index (χ1) is 12.0. The van der Waals surface area contributed by atoms with E-state index in [9.17, 15) is 8.42 Å². The first-order valence-electron chi connectivity index (χ1n) is 8.13. The highest BCUT2D eigenvalue weighted by Gasteiger charge is 2.70. The van der Waals surface area contributed by atoms with Crippen molar-refractivity contribution in [3.63, 3.8) is 0 Å². The van der Waals surface area contributed by atoms with E-state index in [1.165, 1.54) is 0 Å². The van der Waals surface area contributed by atoms with Crippen LogP contribution in [0.25, 0.3) is 0 Å². The van der Waals surface area contributed by atoms with E-state index in [-0.39, 0.29) is 12.5 Å². The van der Waals surface area contributed by atoms with E-state index in [0.29, 0.717) is 11.5 Å². The summed E-state index contributed by atoms with van der Waals surface area (Å²) in [6.45, 7) is 0.547. The zero-order valence-electron chi connectivity index (χ0n) is 14.4. The van der Waals surface area contributed by atoms with Crippen molar-refractivity contribution in [2.45, 2.75) is 16.1 Å². The van der Waals surface area contributed by atoms with Crippen molar-refractivity contribution in [3.05, 3.63) is 60.2 Å². The molecule has 0 aromatic heterocycles. The highest BCUT2D eigenvalue weighted by molar-refractivity contribution is 7.92. The van der Waals surface area contributed by atoms with Crippen LogP contribution < -0.4 is 10.5 Å². The van der Waals surface area contributed by atoms with Crippen molar-refractivity contribution >= 4 is 9.84 Å². The van der Waals surface area contributed by atoms with E-state index in [1.54, 1.807) is 44.6 Å². The molecule has 2 N–H and O–H groups in total. The van der Waals surface area contributed by atoms with Crippen molar-refractivity contribution in [1.82, 2.24) is 0 Å². The first-order valence-corrected chi connectivity index (χ1v) is 9.68. The Kier molecular flexibility index (Phi) is 4.86. The van der Waals surface area contributed by atoms with Gasteiger partial charge in [0, 0.05) is 25.0 Å². The molecule has 3 rings (SSSR count). The Labute approximate surface area is 148 Å². The van der Waals surface area contributed by atoms with Gasteiger partial charge in [-0.2, -0.15) is 0 Å². The van der Waals surface area contributed by atoms with Gasteiger partial charge in [-0.05, 0) is 29.8 Å². The lowest BCUT2D eigenvalue weighted by Gasteiger charge is -2.15. The normalized spacial score (nSPS) is 25.6. The Hall–Kier alpha value is -1.89. The lowest BCUT2D eigenvalue weighted by Crippen LogP contribution is -2.28. The fraction of sp³-hybridized carbons (Fsp3) is 0.368. The zero-order valence-corrected chi connectivity index (χ0v) is 15.2. The fourth-order valence-electron chi connectivity index (χ4n) is 3.76. The molecule has 25 heavy (non-hydrogen) atoms. The monoisotopic (exact) mass is 361 g/mol. The van der Waals surface area contributed by atoms with Gasteiger partial charge >= 0.3 is 0 Å². The van der Waals surface area contributed by atoms with E-state index >= 15 is 0 Å². The Morgan fingerprint density at radius 1 is 1.04 bits per heavy atom. The average molecular weight is 361 g/mol. The molecule has 134 valence electrons. The Balaban J connectivity index is 2.03. The van der Waals surface area contributed by atoms with Crippen LogP contribution in [0.15, 0.2) is 59.5 Å². The SMILES string of the molecule is COC[C@]1(CN)[C@@H](c2ccc(OC)cc2)[C@@H]1S(=O)(=O)c1ccccc1. The number of sulfone groups is 1. The van der Waals surface area contributed by atoms with Gasteiger partial charge in [0.25, 0.3) is 0 Å². The summed E-state index contributed by atoms with van der Waals surface area (Å²) in [7, 11) is -0.334. The van der Waals surface area contributed by atoms with Crippen molar-refractivity contribution in [2.24, 2.45) is 11.1 Å². The lowest BCUT2D eigenvalue weighted by atomic mass is 10.00. The van der Waals surface area contributed by atoms with Gasteiger partial charge in [0.05, 0.1) is 23.9 Å². The van der Waals surface area contributed by atoms with Gasteiger partial charge in [0.15, 0.2) is 9.84 Å². The van der Waals surface area contributed by atoms with Crippen LogP contribution in [0, 0.1) is 5.41 Å². The van der Waals surface area contributed by atoms with Crippen LogP contribution in [-0.4, -0.2) is 41.0 Å². The van der Waals surface area contributed by atoms with Crippen molar-refractivity contribution in [1.29, 1.82) is 0 Å². The van der Waals surface area contributed by atoms with Crippen LogP contribution in [0.4, 0.5) is 0 Å². The summed E-state index contributed by atoms with van der Waals surface area (Å²) >= 11 is 0. The molecular weight excluding hydrogens is 338 g/mol. The maximum absolute atomic E-state index is 13.2. The summed E-state index contributed by atoms with van der Waals surface area (Å²) in [6, 6.07) is 16.0. The molecule has 3 atom stereocenters. The molecule has 0 spiro atoms. The zero-order chi connectivity index (χ0) is 18.1. The Bertz CT molecular complexity index is 820. The number of hydrogen-bond donors (Lipinski definition) is 1. The summed E-state index contributed by atoms with van der Waals surface area (Å²) in [5.41, 5.74) is 6.36. The third kappa shape index (κ3) is 2.94. The molecule has 0 amide bonds. The number of benzene rings is 2. The standard InChI is InChI=1S/C19H23NO4S/c1-23-13-19(12-20)17(14-8-10-15(24-2)11-9-14)18(19)25(21,22)16-6-4-3-5-7-16/h3-11,17-18H,12-13,20H2,1-2H3/t17-,18-,19+/m0/s1. The second-order valence-electron chi connectivity index (χ2n) is 6.40. The second-order valence-corrected chi connectivity index (χ2v) is 8.47. The highest BCUT2D eigenvalue weighted by Crippen LogP contribution is 2.63. The van der Waals surface area contributed by atoms with Crippen molar-refractivity contribution in [3.8, 4) is 5.75 Å². The average Bonchev–Trinajstić information content (AvgIpc) is 3.32. The van der Waals surface area contributed by atoms with Gasteiger partial charge in [0.2, 0.25) is 0 Å². The van der Waals surface area contributed by atoms with Crippen LogP contribution >= 0.6 is 0 Å². The maximum atomic E-state index is 13.2. The number of nitrogens with two attached hydrogens (primary N) is 1. The molecule has 0 bridgehead atoms. The highest BCUT2D eigenvalue weighted by atomic mass is 32.2. The topological polar surface area (TPSA) is 78.6 Å². The molecular formula is C19H23NO4S. The van der Waals surface area contributed by atoms with E-state index < -0.39 is 20.5 Å². The molecule has 1 saturated carbocycles. The molecule has 0 heterocycles. The smallest absolute Gasteiger partial charge is 0.182 e. The summed E-state index contributed by atoms with van der Waals surface area (Å²) < 4.78 is 37.0. The van der Waals surface area contributed by atoms with Gasteiger partial charge < -0.3 is 15.2 Å². The molecule has 2 aromatic rings.